The Morgan fingerprint density at radius 1 is 0.395 bits per heavy atom. The summed E-state index contributed by atoms with van der Waals surface area (Å²) in [4.78, 5) is 0. The number of benzene rings is 1. The summed E-state index contributed by atoms with van der Waals surface area (Å²) in [6, 6.07) is 3.89. The lowest BCUT2D eigenvalue weighted by molar-refractivity contribution is 0.417. The Morgan fingerprint density at radius 2 is 0.658 bits per heavy atom. The minimum atomic E-state index is 0.358. The van der Waals surface area contributed by atoms with Crippen molar-refractivity contribution in [2.45, 2.75) is 194 Å². The van der Waals surface area contributed by atoms with Crippen LogP contribution < -0.4 is 0 Å². The van der Waals surface area contributed by atoms with E-state index in [1.807, 2.05) is 12.1 Å². The average Bonchev–Trinajstić information content (AvgIpc) is 2.92. The van der Waals surface area contributed by atoms with Crippen LogP contribution in [0.3, 0.4) is 0 Å². The number of phenols is 2. The molecule has 222 valence electrons. The fourth-order valence-corrected chi connectivity index (χ4v) is 6.12. The van der Waals surface area contributed by atoms with E-state index < -0.39 is 0 Å². The van der Waals surface area contributed by atoms with E-state index in [0.29, 0.717) is 23.3 Å². The lowest BCUT2D eigenvalue weighted by atomic mass is 9.83. The zero-order chi connectivity index (χ0) is 27.8. The van der Waals surface area contributed by atoms with Gasteiger partial charge in [-0.3, -0.25) is 0 Å². The maximum atomic E-state index is 11.2. The number of aromatic hydroxyl groups is 2. The SMILES string of the molecule is CCCCCCCCCCC(CCCC)c1cc(O)c(C(CCCC)CCCCCCCCCC)cc1O. The third-order valence-electron chi connectivity index (χ3n) is 8.68. The van der Waals surface area contributed by atoms with E-state index in [0.717, 1.165) is 36.8 Å². The molecule has 0 saturated heterocycles. The second kappa shape index (κ2) is 23.7. The highest BCUT2D eigenvalue weighted by atomic mass is 16.3. The average molecular weight is 531 g/mol. The summed E-state index contributed by atoms with van der Waals surface area (Å²) in [6.07, 6.45) is 30.5. The van der Waals surface area contributed by atoms with Crippen LogP contribution in [0.4, 0.5) is 0 Å². The molecule has 0 aliphatic heterocycles. The zero-order valence-electron chi connectivity index (χ0n) is 26.2. The van der Waals surface area contributed by atoms with Crippen LogP contribution >= 0.6 is 0 Å². The van der Waals surface area contributed by atoms with Crippen LogP contribution in [0.15, 0.2) is 12.1 Å². The Balaban J connectivity index is 2.74. The van der Waals surface area contributed by atoms with Gasteiger partial charge in [0.2, 0.25) is 0 Å². The van der Waals surface area contributed by atoms with Gasteiger partial charge in [-0.25, -0.2) is 0 Å². The van der Waals surface area contributed by atoms with E-state index >= 15 is 0 Å². The molecule has 2 nitrogen and oxygen atoms in total. The third kappa shape index (κ3) is 15.4. The van der Waals surface area contributed by atoms with Gasteiger partial charge in [0.1, 0.15) is 11.5 Å². The largest absolute Gasteiger partial charge is 0.508 e. The second-order valence-corrected chi connectivity index (χ2v) is 12.2. The van der Waals surface area contributed by atoms with Crippen LogP contribution in [0.5, 0.6) is 11.5 Å². The van der Waals surface area contributed by atoms with E-state index in [1.165, 1.54) is 128 Å². The van der Waals surface area contributed by atoms with Gasteiger partial charge in [0.15, 0.2) is 0 Å². The fraction of sp³-hybridized carbons (Fsp3) is 0.833. The molecule has 0 spiro atoms. The van der Waals surface area contributed by atoms with E-state index in [-0.39, 0.29) is 0 Å². The maximum absolute atomic E-state index is 11.2. The van der Waals surface area contributed by atoms with Crippen LogP contribution in [-0.4, -0.2) is 10.2 Å². The van der Waals surface area contributed by atoms with Crippen molar-refractivity contribution >= 4 is 0 Å². The molecule has 0 aliphatic carbocycles. The minimum absolute atomic E-state index is 0.358. The normalized spacial score (nSPS) is 13.2. The van der Waals surface area contributed by atoms with Gasteiger partial charge in [-0.1, -0.05) is 156 Å². The number of hydrogen-bond donors (Lipinski definition) is 2. The summed E-state index contributed by atoms with van der Waals surface area (Å²) >= 11 is 0. The number of hydrogen-bond acceptors (Lipinski definition) is 2. The highest BCUT2D eigenvalue weighted by molar-refractivity contribution is 5.48. The first kappa shape index (κ1) is 34.8. The summed E-state index contributed by atoms with van der Waals surface area (Å²) in [5.74, 6) is 1.57. The van der Waals surface area contributed by atoms with Gasteiger partial charge in [0.05, 0.1) is 0 Å². The van der Waals surface area contributed by atoms with Gasteiger partial charge < -0.3 is 10.2 Å². The molecular formula is C36H66O2. The number of rotatable bonds is 26. The Labute approximate surface area is 238 Å². The second-order valence-electron chi connectivity index (χ2n) is 12.2. The Bertz CT molecular complexity index is 610. The van der Waals surface area contributed by atoms with Crippen molar-refractivity contribution in [3.8, 4) is 11.5 Å². The summed E-state index contributed by atoms with van der Waals surface area (Å²) in [5.41, 5.74) is 1.98. The summed E-state index contributed by atoms with van der Waals surface area (Å²) in [7, 11) is 0. The Hall–Kier alpha value is -1.18. The fourth-order valence-electron chi connectivity index (χ4n) is 6.12. The van der Waals surface area contributed by atoms with Gasteiger partial charge in [-0.15, -0.1) is 0 Å². The first-order valence-electron chi connectivity index (χ1n) is 17.1. The van der Waals surface area contributed by atoms with Crippen molar-refractivity contribution in [1.29, 1.82) is 0 Å². The van der Waals surface area contributed by atoms with Crippen LogP contribution in [-0.2, 0) is 0 Å². The minimum Gasteiger partial charge on any atom is -0.508 e. The molecule has 2 atom stereocenters. The molecule has 0 heterocycles. The maximum Gasteiger partial charge on any atom is 0.119 e. The van der Waals surface area contributed by atoms with Crippen molar-refractivity contribution < 1.29 is 10.2 Å². The molecule has 0 radical (unpaired) electrons. The predicted molar refractivity (Wildman–Crippen MR) is 169 cm³/mol. The van der Waals surface area contributed by atoms with Crippen LogP contribution in [0.2, 0.25) is 0 Å². The number of unbranched alkanes of at least 4 members (excludes halogenated alkanes) is 16. The van der Waals surface area contributed by atoms with Gasteiger partial charge in [0, 0.05) is 11.1 Å². The Morgan fingerprint density at radius 3 is 0.974 bits per heavy atom. The molecule has 0 fully saturated rings. The lowest BCUT2D eigenvalue weighted by Gasteiger charge is -2.23. The predicted octanol–water partition coefficient (Wildman–Crippen LogP) is 12.7. The highest BCUT2D eigenvalue weighted by Gasteiger charge is 2.21. The van der Waals surface area contributed by atoms with Crippen LogP contribution in [0.1, 0.15) is 205 Å². The standard InChI is InChI=1S/C36H66O2/c1-5-9-13-15-17-19-21-23-27-31(25-11-7-3)33-29-36(38)34(30-35(33)37)32(26-12-8-4)28-24-22-20-18-16-14-10-6-2/h29-32,37-38H,5-28H2,1-4H3. The van der Waals surface area contributed by atoms with E-state index in [1.54, 1.807) is 0 Å². The quantitative estimate of drug-likeness (QED) is 0.0923. The molecule has 0 bridgehead atoms. The monoisotopic (exact) mass is 531 g/mol. The molecule has 0 aliphatic rings. The van der Waals surface area contributed by atoms with Crippen molar-refractivity contribution in [1.82, 2.24) is 0 Å². The molecule has 2 N–H and O–H groups in total. The van der Waals surface area contributed by atoms with Gasteiger partial charge in [0.25, 0.3) is 0 Å². The molecule has 38 heavy (non-hydrogen) atoms. The molecular weight excluding hydrogens is 464 g/mol. The molecule has 1 rings (SSSR count). The Kier molecular flexibility index (Phi) is 21.7. The first-order chi connectivity index (χ1) is 18.6. The van der Waals surface area contributed by atoms with E-state index in [9.17, 15) is 10.2 Å². The van der Waals surface area contributed by atoms with E-state index in [2.05, 4.69) is 27.7 Å². The van der Waals surface area contributed by atoms with Crippen LogP contribution in [0.25, 0.3) is 0 Å². The topological polar surface area (TPSA) is 40.5 Å². The third-order valence-corrected chi connectivity index (χ3v) is 8.68. The van der Waals surface area contributed by atoms with Crippen molar-refractivity contribution in [3.05, 3.63) is 23.3 Å². The summed E-state index contributed by atoms with van der Waals surface area (Å²) in [5, 5.41) is 22.4. The molecule has 2 heteroatoms. The van der Waals surface area contributed by atoms with Crippen molar-refractivity contribution in [2.75, 3.05) is 0 Å². The molecule has 0 aromatic heterocycles. The molecule has 2 unspecified atom stereocenters. The molecule has 0 saturated carbocycles. The van der Waals surface area contributed by atoms with Crippen molar-refractivity contribution in [2.24, 2.45) is 0 Å². The smallest absolute Gasteiger partial charge is 0.119 e. The van der Waals surface area contributed by atoms with Gasteiger partial charge in [-0.05, 0) is 49.7 Å². The molecule has 1 aromatic rings. The number of phenolic OH excluding ortho intramolecular Hbond substituents is 2. The van der Waals surface area contributed by atoms with Crippen LogP contribution in [0, 0.1) is 0 Å². The highest BCUT2D eigenvalue weighted by Crippen LogP contribution is 2.42. The van der Waals surface area contributed by atoms with Gasteiger partial charge >= 0.3 is 0 Å². The van der Waals surface area contributed by atoms with E-state index in [4.69, 9.17) is 0 Å². The molecule has 0 amide bonds. The van der Waals surface area contributed by atoms with Gasteiger partial charge in [-0.2, -0.15) is 0 Å². The van der Waals surface area contributed by atoms with Crippen molar-refractivity contribution in [3.63, 3.8) is 0 Å². The molecule has 1 aromatic carbocycles. The zero-order valence-corrected chi connectivity index (χ0v) is 26.2. The summed E-state index contributed by atoms with van der Waals surface area (Å²) < 4.78 is 0. The summed E-state index contributed by atoms with van der Waals surface area (Å²) in [6.45, 7) is 9.05. The lowest BCUT2D eigenvalue weighted by Crippen LogP contribution is -2.04. The first-order valence-corrected chi connectivity index (χ1v) is 17.1.